The Morgan fingerprint density at radius 3 is 2.81 bits per heavy atom. The molecule has 0 bridgehead atoms. The van der Waals surface area contributed by atoms with Crippen LogP contribution in [0.2, 0.25) is 0 Å². The number of rotatable bonds is 3. The Hall–Kier alpha value is -3.20. The highest BCUT2D eigenvalue weighted by molar-refractivity contribution is 7.99. The van der Waals surface area contributed by atoms with E-state index in [1.165, 1.54) is 11.8 Å². The van der Waals surface area contributed by atoms with Gasteiger partial charge in [-0.15, -0.1) is 10.2 Å². The molecule has 0 atom stereocenters. The fourth-order valence-corrected chi connectivity index (χ4v) is 3.64. The number of aryl methyl sites for hydroxylation is 2. The van der Waals surface area contributed by atoms with E-state index < -0.39 is 0 Å². The average molecular weight is 362 g/mol. The molecule has 0 saturated heterocycles. The maximum absolute atomic E-state index is 4.68. The van der Waals surface area contributed by atoms with Gasteiger partial charge in [-0.3, -0.25) is 4.68 Å². The van der Waals surface area contributed by atoms with Crippen LogP contribution < -0.4 is 0 Å². The lowest BCUT2D eigenvalue weighted by Crippen LogP contribution is -1.96. The first-order valence-electron chi connectivity index (χ1n) is 7.98. The first-order valence-corrected chi connectivity index (χ1v) is 8.79. The standard InChI is InChI=1S/C17H14N8S/c1-23-10-18-14-4-3-12(7-15(14)23)26-17-21-20-16-6-5-13(22-25(16)17)11-8-19-24(2)9-11/h3-10H,1-2H3. The molecule has 0 saturated carbocycles. The summed E-state index contributed by atoms with van der Waals surface area (Å²) in [6, 6.07) is 9.98. The highest BCUT2D eigenvalue weighted by Crippen LogP contribution is 2.29. The second-order valence-electron chi connectivity index (χ2n) is 5.98. The van der Waals surface area contributed by atoms with Crippen LogP contribution in [-0.2, 0) is 14.1 Å². The van der Waals surface area contributed by atoms with Crippen molar-refractivity contribution in [2.24, 2.45) is 14.1 Å². The molecule has 128 valence electrons. The maximum Gasteiger partial charge on any atom is 0.217 e. The summed E-state index contributed by atoms with van der Waals surface area (Å²) < 4.78 is 5.52. The minimum Gasteiger partial charge on any atom is -0.334 e. The zero-order valence-corrected chi connectivity index (χ0v) is 14.9. The molecule has 0 aliphatic rings. The Kier molecular flexibility index (Phi) is 3.29. The minimum absolute atomic E-state index is 0.710. The summed E-state index contributed by atoms with van der Waals surface area (Å²) in [4.78, 5) is 5.41. The number of imidazole rings is 1. The van der Waals surface area contributed by atoms with Crippen LogP contribution >= 0.6 is 11.8 Å². The summed E-state index contributed by atoms with van der Waals surface area (Å²) in [5.74, 6) is 0. The molecule has 0 spiro atoms. The highest BCUT2D eigenvalue weighted by atomic mass is 32.2. The Bertz CT molecular complexity index is 1250. The molecule has 8 nitrogen and oxygen atoms in total. The van der Waals surface area contributed by atoms with Crippen molar-refractivity contribution in [2.75, 3.05) is 0 Å². The van der Waals surface area contributed by atoms with Gasteiger partial charge in [-0.25, -0.2) is 4.98 Å². The van der Waals surface area contributed by atoms with Gasteiger partial charge in [0.25, 0.3) is 0 Å². The van der Waals surface area contributed by atoms with Crippen molar-refractivity contribution in [2.45, 2.75) is 10.1 Å². The zero-order valence-electron chi connectivity index (χ0n) is 14.1. The van der Waals surface area contributed by atoms with Gasteiger partial charge < -0.3 is 4.57 Å². The first-order chi connectivity index (χ1) is 12.7. The minimum atomic E-state index is 0.710. The van der Waals surface area contributed by atoms with Crippen LogP contribution in [0.1, 0.15) is 0 Å². The quantitative estimate of drug-likeness (QED) is 0.491. The van der Waals surface area contributed by atoms with Crippen molar-refractivity contribution in [1.82, 2.24) is 39.1 Å². The first kappa shape index (κ1) is 15.1. The second-order valence-corrected chi connectivity index (χ2v) is 7.02. The van der Waals surface area contributed by atoms with Crippen molar-refractivity contribution < 1.29 is 0 Å². The summed E-state index contributed by atoms with van der Waals surface area (Å²) in [6.45, 7) is 0. The lowest BCUT2D eigenvalue weighted by molar-refractivity contribution is 0.767. The van der Waals surface area contributed by atoms with Crippen molar-refractivity contribution in [1.29, 1.82) is 0 Å². The van der Waals surface area contributed by atoms with Crippen LogP contribution in [0.25, 0.3) is 27.9 Å². The Labute approximate surface area is 152 Å². The van der Waals surface area contributed by atoms with Gasteiger partial charge in [0.15, 0.2) is 5.65 Å². The van der Waals surface area contributed by atoms with Crippen molar-refractivity contribution in [3.63, 3.8) is 0 Å². The third kappa shape index (κ3) is 2.44. The molecule has 0 unspecified atom stereocenters. The smallest absolute Gasteiger partial charge is 0.217 e. The van der Waals surface area contributed by atoms with Crippen LogP contribution in [-0.4, -0.2) is 39.1 Å². The van der Waals surface area contributed by atoms with E-state index in [-0.39, 0.29) is 0 Å². The van der Waals surface area contributed by atoms with Crippen LogP contribution in [0.15, 0.2) is 59.1 Å². The molecule has 0 N–H and O–H groups in total. The summed E-state index contributed by atoms with van der Waals surface area (Å²) in [7, 11) is 3.87. The number of nitrogens with zero attached hydrogens (tertiary/aromatic N) is 8. The topological polar surface area (TPSA) is 78.7 Å². The van der Waals surface area contributed by atoms with Gasteiger partial charge in [0.1, 0.15) is 0 Å². The Morgan fingerprint density at radius 1 is 1.04 bits per heavy atom. The number of benzene rings is 1. The van der Waals surface area contributed by atoms with E-state index in [0.717, 1.165) is 27.2 Å². The van der Waals surface area contributed by atoms with E-state index in [1.807, 2.05) is 55.5 Å². The Morgan fingerprint density at radius 2 is 1.96 bits per heavy atom. The molecule has 0 amide bonds. The summed E-state index contributed by atoms with van der Waals surface area (Å²) >= 11 is 1.52. The number of hydrogen-bond donors (Lipinski definition) is 0. The fraction of sp³-hybridized carbons (Fsp3) is 0.118. The molecule has 0 aliphatic heterocycles. The van der Waals surface area contributed by atoms with Gasteiger partial charge in [-0.2, -0.15) is 14.7 Å². The third-order valence-corrected chi connectivity index (χ3v) is 5.07. The molecule has 4 aromatic heterocycles. The van der Waals surface area contributed by atoms with Gasteiger partial charge in [-0.1, -0.05) is 0 Å². The molecular weight excluding hydrogens is 348 g/mol. The van der Waals surface area contributed by atoms with E-state index in [4.69, 9.17) is 0 Å². The monoisotopic (exact) mass is 362 g/mol. The third-order valence-electron chi connectivity index (χ3n) is 4.14. The van der Waals surface area contributed by atoms with Gasteiger partial charge in [0.2, 0.25) is 5.16 Å². The van der Waals surface area contributed by atoms with Gasteiger partial charge in [0.05, 0.1) is 29.3 Å². The van der Waals surface area contributed by atoms with E-state index in [1.54, 1.807) is 15.4 Å². The number of hydrogen-bond acceptors (Lipinski definition) is 6. The molecule has 1 aromatic carbocycles. The largest absolute Gasteiger partial charge is 0.334 e. The van der Waals surface area contributed by atoms with Crippen LogP contribution in [0.4, 0.5) is 0 Å². The molecule has 0 aliphatic carbocycles. The molecule has 5 aromatic rings. The van der Waals surface area contributed by atoms with E-state index >= 15 is 0 Å². The molecule has 5 rings (SSSR count). The van der Waals surface area contributed by atoms with E-state index in [0.29, 0.717) is 10.8 Å². The molecular formula is C17H14N8S. The molecule has 0 fully saturated rings. The lowest BCUT2D eigenvalue weighted by atomic mass is 10.2. The van der Waals surface area contributed by atoms with Gasteiger partial charge in [-0.05, 0) is 42.1 Å². The molecule has 26 heavy (non-hydrogen) atoms. The summed E-state index contributed by atoms with van der Waals surface area (Å²) in [5.41, 5.74) is 4.54. The Balaban J connectivity index is 1.56. The summed E-state index contributed by atoms with van der Waals surface area (Å²) in [6.07, 6.45) is 5.54. The lowest BCUT2D eigenvalue weighted by Gasteiger charge is -2.02. The van der Waals surface area contributed by atoms with E-state index in [9.17, 15) is 0 Å². The number of fused-ring (bicyclic) bond motifs is 2. The van der Waals surface area contributed by atoms with Crippen LogP contribution in [0, 0.1) is 0 Å². The zero-order chi connectivity index (χ0) is 17.7. The molecule has 0 radical (unpaired) electrons. The van der Waals surface area contributed by atoms with Crippen molar-refractivity contribution >= 4 is 28.4 Å². The molecule has 4 heterocycles. The van der Waals surface area contributed by atoms with Crippen molar-refractivity contribution in [3.05, 3.63) is 49.1 Å². The van der Waals surface area contributed by atoms with Gasteiger partial charge in [0, 0.05) is 30.8 Å². The normalized spacial score (nSPS) is 11.6. The fourth-order valence-electron chi connectivity index (χ4n) is 2.82. The SMILES string of the molecule is Cn1cc(-c2ccc3nnc(Sc4ccc5ncn(C)c5c4)n3n2)cn1. The predicted molar refractivity (Wildman–Crippen MR) is 97.8 cm³/mol. The highest BCUT2D eigenvalue weighted by Gasteiger charge is 2.12. The average Bonchev–Trinajstić information content (AvgIpc) is 3.35. The van der Waals surface area contributed by atoms with Gasteiger partial charge >= 0.3 is 0 Å². The van der Waals surface area contributed by atoms with Crippen LogP contribution in [0.5, 0.6) is 0 Å². The second kappa shape index (κ2) is 5.67. The van der Waals surface area contributed by atoms with E-state index in [2.05, 4.69) is 31.4 Å². The molecule has 9 heteroatoms. The number of aromatic nitrogens is 8. The maximum atomic E-state index is 4.68. The van der Waals surface area contributed by atoms with Crippen LogP contribution in [0.3, 0.4) is 0 Å². The predicted octanol–water partition coefficient (Wildman–Crippen LogP) is 2.56. The van der Waals surface area contributed by atoms with Crippen molar-refractivity contribution in [3.8, 4) is 11.3 Å². The summed E-state index contributed by atoms with van der Waals surface area (Å²) in [5, 5.41) is 18.1.